The van der Waals surface area contributed by atoms with Gasteiger partial charge in [0.2, 0.25) is 11.9 Å². The van der Waals surface area contributed by atoms with Gasteiger partial charge in [-0.05, 0) is 80.0 Å². The number of fused-ring (bicyclic) bond motifs is 1. The summed E-state index contributed by atoms with van der Waals surface area (Å²) in [6, 6.07) is 13.7. The van der Waals surface area contributed by atoms with Gasteiger partial charge in [-0.1, -0.05) is 29.8 Å². The number of aromatic nitrogens is 2. The van der Waals surface area contributed by atoms with Gasteiger partial charge >= 0.3 is 0 Å². The minimum absolute atomic E-state index is 0.121. The lowest BCUT2D eigenvalue weighted by molar-refractivity contribution is -0.116. The molecule has 1 aromatic heterocycles. The van der Waals surface area contributed by atoms with E-state index in [0.717, 1.165) is 42.1 Å². The number of aryl methyl sites for hydroxylation is 1. The number of halogens is 1. The molecule has 1 aliphatic carbocycles. The Kier molecular flexibility index (Phi) is 6.39. The van der Waals surface area contributed by atoms with Gasteiger partial charge in [0.25, 0.3) is 0 Å². The molecule has 7 nitrogen and oxygen atoms in total. The molecule has 2 fully saturated rings. The maximum Gasteiger partial charge on any atom is 0.238 e. The second-order valence-electron chi connectivity index (χ2n) is 11.0. The number of hydrogen-bond acceptors (Lipinski definition) is 6. The minimum atomic E-state index is -0.559. The molecule has 8 heteroatoms. The summed E-state index contributed by atoms with van der Waals surface area (Å²) in [4.78, 5) is 24.6. The van der Waals surface area contributed by atoms with Crippen molar-refractivity contribution in [2.75, 3.05) is 23.7 Å². The zero-order valence-electron chi connectivity index (χ0n) is 21.5. The molecule has 3 aliphatic rings. The normalized spacial score (nSPS) is 23.6. The summed E-state index contributed by atoms with van der Waals surface area (Å²) in [6.07, 6.45) is 4.06. The second-order valence-corrected chi connectivity index (χ2v) is 11.4. The van der Waals surface area contributed by atoms with E-state index in [4.69, 9.17) is 16.6 Å². The number of carbonyl (C=O) groups is 1. The molecule has 3 aromatic rings. The third-order valence-electron chi connectivity index (χ3n) is 7.44. The van der Waals surface area contributed by atoms with Crippen molar-refractivity contribution in [1.82, 2.24) is 20.2 Å². The molecule has 37 heavy (non-hydrogen) atoms. The van der Waals surface area contributed by atoms with Gasteiger partial charge in [0, 0.05) is 43.1 Å². The van der Waals surface area contributed by atoms with Crippen LogP contribution in [0.3, 0.4) is 0 Å². The zero-order chi connectivity index (χ0) is 25.7. The maximum atomic E-state index is 12.9. The average molecular weight is 517 g/mol. The van der Waals surface area contributed by atoms with Crippen molar-refractivity contribution >= 4 is 34.8 Å². The molecule has 3 atom stereocenters. The van der Waals surface area contributed by atoms with E-state index >= 15 is 0 Å². The number of hydrogen-bond donors (Lipinski definition) is 3. The smallest absolute Gasteiger partial charge is 0.238 e. The first kappa shape index (κ1) is 24.3. The van der Waals surface area contributed by atoms with Crippen LogP contribution in [0.2, 0.25) is 5.02 Å². The summed E-state index contributed by atoms with van der Waals surface area (Å²) in [7, 11) is 0. The van der Waals surface area contributed by atoms with Gasteiger partial charge in [-0.3, -0.25) is 9.69 Å². The van der Waals surface area contributed by atoms with E-state index < -0.39 is 5.92 Å². The number of rotatable bonds is 6. The van der Waals surface area contributed by atoms with Crippen LogP contribution in [0.1, 0.15) is 66.5 Å². The van der Waals surface area contributed by atoms with Crippen molar-refractivity contribution in [2.45, 2.75) is 64.1 Å². The highest BCUT2D eigenvalue weighted by molar-refractivity contribution is 6.31. The lowest BCUT2D eigenvalue weighted by Crippen LogP contribution is -2.53. The first-order chi connectivity index (χ1) is 17.8. The first-order valence-corrected chi connectivity index (χ1v) is 13.5. The van der Waals surface area contributed by atoms with Crippen molar-refractivity contribution in [3.63, 3.8) is 0 Å². The molecule has 2 aromatic carbocycles. The van der Waals surface area contributed by atoms with E-state index in [1.807, 2.05) is 25.1 Å². The van der Waals surface area contributed by atoms with Gasteiger partial charge in [0.1, 0.15) is 5.92 Å². The number of carbonyl (C=O) groups excluding carboxylic acids is 1. The molecule has 3 N–H and O–H groups in total. The van der Waals surface area contributed by atoms with Gasteiger partial charge in [-0.15, -0.1) is 0 Å². The van der Waals surface area contributed by atoms with Crippen molar-refractivity contribution in [3.05, 3.63) is 75.6 Å². The first-order valence-electron chi connectivity index (χ1n) is 13.2. The number of benzene rings is 2. The Hall–Kier alpha value is -3.00. The van der Waals surface area contributed by atoms with Gasteiger partial charge in [0.15, 0.2) is 0 Å². The van der Waals surface area contributed by atoms with Crippen LogP contribution in [0.5, 0.6) is 0 Å². The molecular weight excluding hydrogens is 484 g/mol. The van der Waals surface area contributed by atoms with E-state index in [2.05, 4.69) is 57.9 Å². The summed E-state index contributed by atoms with van der Waals surface area (Å²) < 4.78 is 0. The lowest BCUT2D eigenvalue weighted by Gasteiger charge is -2.36. The molecule has 0 radical (unpaired) electrons. The Morgan fingerprint density at radius 2 is 1.89 bits per heavy atom. The molecule has 1 saturated heterocycles. The highest BCUT2D eigenvalue weighted by Gasteiger charge is 2.35. The van der Waals surface area contributed by atoms with E-state index in [-0.39, 0.29) is 5.91 Å². The highest BCUT2D eigenvalue weighted by atomic mass is 35.5. The third kappa shape index (κ3) is 5.21. The quantitative estimate of drug-likeness (QED) is 0.411. The van der Waals surface area contributed by atoms with Gasteiger partial charge in [-0.2, -0.15) is 0 Å². The maximum absolute atomic E-state index is 12.9. The van der Waals surface area contributed by atoms with Crippen LogP contribution in [0, 0.1) is 6.92 Å². The SMILES string of the molecule is Cc1ccc2c(c1)NC(=O)C2c1nc(Nc2cc(CN3C[C@@H](C)N[C@@H](C)C3)cc(C3CC3)c2)ncc1Cl. The Balaban J connectivity index is 1.28. The van der Waals surface area contributed by atoms with Crippen LogP contribution in [-0.2, 0) is 11.3 Å². The highest BCUT2D eigenvalue weighted by Crippen LogP contribution is 2.42. The van der Waals surface area contributed by atoms with Crippen molar-refractivity contribution in [2.24, 2.45) is 0 Å². The predicted octanol–water partition coefficient (Wildman–Crippen LogP) is 5.33. The largest absolute Gasteiger partial charge is 0.325 e. The topological polar surface area (TPSA) is 82.2 Å². The number of amides is 1. The van der Waals surface area contributed by atoms with Crippen LogP contribution >= 0.6 is 11.6 Å². The van der Waals surface area contributed by atoms with Crippen LogP contribution in [0.4, 0.5) is 17.3 Å². The van der Waals surface area contributed by atoms with Crippen molar-refractivity contribution in [3.8, 4) is 0 Å². The number of nitrogens with one attached hydrogen (secondary N) is 3. The van der Waals surface area contributed by atoms with E-state index in [1.165, 1.54) is 24.0 Å². The Morgan fingerprint density at radius 3 is 2.65 bits per heavy atom. The number of anilines is 3. The summed E-state index contributed by atoms with van der Waals surface area (Å²) in [5.74, 6) is 0.391. The van der Waals surface area contributed by atoms with Crippen molar-refractivity contribution < 1.29 is 4.79 Å². The molecule has 192 valence electrons. The molecule has 3 heterocycles. The summed E-state index contributed by atoms with van der Waals surface area (Å²) in [5.41, 5.74) is 6.94. The van der Waals surface area contributed by atoms with Crippen LogP contribution in [0.15, 0.2) is 42.6 Å². The standard InChI is InChI=1S/C29H33ClN6O/c1-16-4-7-23-25(8-16)34-28(37)26(23)27-24(30)12-31-29(35-27)33-22-10-19(9-21(11-22)20-5-6-20)15-36-13-17(2)32-18(3)14-36/h4,7-12,17-18,20,26,32H,5-6,13-15H2,1-3H3,(H,34,37)(H,31,33,35)/t17-,18+,26?. The number of piperazine rings is 1. The summed E-state index contributed by atoms with van der Waals surface area (Å²) >= 11 is 6.53. The van der Waals surface area contributed by atoms with Crippen molar-refractivity contribution in [1.29, 1.82) is 0 Å². The van der Waals surface area contributed by atoms with Crippen LogP contribution < -0.4 is 16.0 Å². The van der Waals surface area contributed by atoms with E-state index in [0.29, 0.717) is 34.7 Å². The minimum Gasteiger partial charge on any atom is -0.325 e. The Morgan fingerprint density at radius 1 is 1.11 bits per heavy atom. The fourth-order valence-corrected chi connectivity index (χ4v) is 5.98. The average Bonchev–Trinajstić information content (AvgIpc) is 3.63. The predicted molar refractivity (Wildman–Crippen MR) is 148 cm³/mol. The van der Waals surface area contributed by atoms with E-state index in [1.54, 1.807) is 6.20 Å². The molecule has 1 saturated carbocycles. The molecule has 1 unspecified atom stereocenters. The van der Waals surface area contributed by atoms with E-state index in [9.17, 15) is 4.79 Å². The number of nitrogens with zero attached hydrogens (tertiary/aromatic N) is 3. The molecule has 2 aliphatic heterocycles. The fraction of sp³-hybridized carbons (Fsp3) is 0.414. The monoisotopic (exact) mass is 516 g/mol. The Labute approximate surface area is 223 Å². The molecule has 0 bridgehead atoms. The molecule has 0 spiro atoms. The second kappa shape index (κ2) is 9.71. The van der Waals surface area contributed by atoms with Gasteiger partial charge in [0.05, 0.1) is 16.9 Å². The van der Waals surface area contributed by atoms with Gasteiger partial charge in [-0.25, -0.2) is 9.97 Å². The Bertz CT molecular complexity index is 1350. The molecule has 6 rings (SSSR count). The summed E-state index contributed by atoms with van der Waals surface area (Å²) in [5, 5.41) is 10.4. The van der Waals surface area contributed by atoms with Crippen LogP contribution in [-0.4, -0.2) is 45.9 Å². The fourth-order valence-electron chi connectivity index (χ4n) is 5.78. The molecular formula is C29H33ClN6O. The molecule has 1 amide bonds. The zero-order valence-corrected chi connectivity index (χ0v) is 22.3. The summed E-state index contributed by atoms with van der Waals surface area (Å²) in [6.45, 7) is 9.49. The third-order valence-corrected chi connectivity index (χ3v) is 7.74. The van der Waals surface area contributed by atoms with Crippen LogP contribution in [0.25, 0.3) is 0 Å². The van der Waals surface area contributed by atoms with Gasteiger partial charge < -0.3 is 16.0 Å². The lowest BCUT2D eigenvalue weighted by atomic mass is 9.96.